The average molecular weight is 253 g/mol. The van der Waals surface area contributed by atoms with Crippen LogP contribution in [0.1, 0.15) is 25.7 Å². The Balaban J connectivity index is 1.88. The van der Waals surface area contributed by atoms with E-state index in [9.17, 15) is 10.1 Å². The molecule has 0 atom stereocenters. The van der Waals surface area contributed by atoms with Gasteiger partial charge in [-0.15, -0.1) is 0 Å². The molecule has 2 fully saturated rings. The Morgan fingerprint density at radius 1 is 1.28 bits per heavy atom. The van der Waals surface area contributed by atoms with Gasteiger partial charge in [0.2, 0.25) is 0 Å². The van der Waals surface area contributed by atoms with Gasteiger partial charge in [-0.3, -0.25) is 15.1 Å². The van der Waals surface area contributed by atoms with E-state index in [-0.39, 0.29) is 4.92 Å². The molecule has 100 valence electrons. The average Bonchev–Trinajstić information content (AvgIpc) is 3.13. The fourth-order valence-corrected chi connectivity index (χ4v) is 3.03. The molecule has 0 spiro atoms. The number of nitrogens with zero attached hydrogens (tertiary/aromatic N) is 3. The summed E-state index contributed by atoms with van der Waals surface area (Å²) in [5, 5.41) is 15.4. The van der Waals surface area contributed by atoms with Crippen molar-refractivity contribution in [3.63, 3.8) is 0 Å². The summed E-state index contributed by atoms with van der Waals surface area (Å²) in [5.41, 5.74) is 1.39. The van der Waals surface area contributed by atoms with Gasteiger partial charge in [-0.2, -0.15) is 0 Å². The van der Waals surface area contributed by atoms with Crippen LogP contribution in [0.25, 0.3) is 0 Å². The molecule has 2 aliphatic heterocycles. The molecule has 3 rings (SSSR count). The SMILES string of the molecule is CN1CC([N+](=O)[O-])=C(C2CC2)N1C1CCOCC1. The Kier molecular flexibility index (Phi) is 2.99. The molecule has 0 amide bonds. The summed E-state index contributed by atoms with van der Waals surface area (Å²) in [6, 6.07) is 0.372. The first kappa shape index (κ1) is 11.9. The summed E-state index contributed by atoms with van der Waals surface area (Å²) in [4.78, 5) is 11.0. The maximum atomic E-state index is 11.2. The normalized spacial score (nSPS) is 27.1. The summed E-state index contributed by atoms with van der Waals surface area (Å²) in [6.07, 6.45) is 4.12. The summed E-state index contributed by atoms with van der Waals surface area (Å²) >= 11 is 0. The van der Waals surface area contributed by atoms with E-state index in [1.54, 1.807) is 0 Å². The second-order valence-corrected chi connectivity index (χ2v) is 5.37. The fourth-order valence-electron chi connectivity index (χ4n) is 3.03. The second-order valence-electron chi connectivity index (χ2n) is 5.37. The van der Waals surface area contributed by atoms with E-state index in [0.717, 1.165) is 44.6 Å². The first-order valence-corrected chi connectivity index (χ1v) is 6.64. The molecular formula is C12H19N3O3. The first-order chi connectivity index (χ1) is 8.68. The Labute approximate surface area is 106 Å². The molecule has 1 saturated carbocycles. The van der Waals surface area contributed by atoms with Crippen molar-refractivity contribution < 1.29 is 9.66 Å². The molecule has 2 heterocycles. The molecule has 0 aromatic heterocycles. The molecule has 6 nitrogen and oxygen atoms in total. The first-order valence-electron chi connectivity index (χ1n) is 6.64. The Morgan fingerprint density at radius 2 is 1.94 bits per heavy atom. The highest BCUT2D eigenvalue weighted by molar-refractivity contribution is 5.21. The van der Waals surface area contributed by atoms with Crippen LogP contribution in [-0.2, 0) is 4.74 Å². The number of hydrazine groups is 1. The van der Waals surface area contributed by atoms with E-state index < -0.39 is 0 Å². The molecule has 1 aliphatic carbocycles. The van der Waals surface area contributed by atoms with Crippen molar-refractivity contribution in [2.45, 2.75) is 31.7 Å². The fraction of sp³-hybridized carbons (Fsp3) is 0.833. The minimum absolute atomic E-state index is 0.191. The topological polar surface area (TPSA) is 58.8 Å². The number of hydrogen-bond acceptors (Lipinski definition) is 5. The lowest BCUT2D eigenvalue weighted by molar-refractivity contribution is -0.427. The zero-order chi connectivity index (χ0) is 12.7. The van der Waals surface area contributed by atoms with Crippen LogP contribution in [0.2, 0.25) is 0 Å². The van der Waals surface area contributed by atoms with Crippen LogP contribution in [0.5, 0.6) is 0 Å². The summed E-state index contributed by atoms with van der Waals surface area (Å²) < 4.78 is 5.39. The number of rotatable bonds is 3. The van der Waals surface area contributed by atoms with Gasteiger partial charge < -0.3 is 4.74 Å². The van der Waals surface area contributed by atoms with Crippen LogP contribution in [0.3, 0.4) is 0 Å². The maximum Gasteiger partial charge on any atom is 0.282 e. The lowest BCUT2D eigenvalue weighted by atomic mass is 10.1. The van der Waals surface area contributed by atoms with Crippen molar-refractivity contribution in [3.05, 3.63) is 21.5 Å². The summed E-state index contributed by atoms with van der Waals surface area (Å²) in [5.74, 6) is 0.415. The van der Waals surface area contributed by atoms with Gasteiger partial charge in [-0.1, -0.05) is 0 Å². The molecule has 18 heavy (non-hydrogen) atoms. The monoisotopic (exact) mass is 253 g/mol. The van der Waals surface area contributed by atoms with Gasteiger partial charge in [0.25, 0.3) is 5.70 Å². The third-order valence-electron chi connectivity index (χ3n) is 4.01. The second kappa shape index (κ2) is 4.51. The zero-order valence-corrected chi connectivity index (χ0v) is 10.7. The van der Waals surface area contributed by atoms with Crippen LogP contribution >= 0.6 is 0 Å². The highest BCUT2D eigenvalue weighted by Gasteiger charge is 2.45. The van der Waals surface area contributed by atoms with Crippen LogP contribution in [0.15, 0.2) is 11.4 Å². The molecule has 1 saturated heterocycles. The molecule has 0 radical (unpaired) electrons. The Bertz CT molecular complexity index is 386. The van der Waals surface area contributed by atoms with E-state index in [4.69, 9.17) is 4.74 Å². The zero-order valence-electron chi connectivity index (χ0n) is 10.7. The third-order valence-corrected chi connectivity index (χ3v) is 4.01. The van der Waals surface area contributed by atoms with Gasteiger partial charge in [0.15, 0.2) is 0 Å². The maximum absolute atomic E-state index is 11.2. The number of hydrogen-bond donors (Lipinski definition) is 0. The lowest BCUT2D eigenvalue weighted by Gasteiger charge is -2.38. The molecular weight excluding hydrogens is 234 g/mol. The number of likely N-dealkylation sites (N-methyl/N-ethyl adjacent to an activating group) is 1. The molecule has 0 bridgehead atoms. The van der Waals surface area contributed by atoms with Gasteiger partial charge in [0, 0.05) is 26.2 Å². The molecule has 0 aromatic carbocycles. The van der Waals surface area contributed by atoms with Gasteiger partial charge >= 0.3 is 0 Å². The molecule has 0 unspecified atom stereocenters. The molecule has 0 aromatic rings. The third kappa shape index (κ3) is 1.99. The van der Waals surface area contributed by atoms with Crippen LogP contribution in [0.4, 0.5) is 0 Å². The van der Waals surface area contributed by atoms with Crippen molar-refractivity contribution in [3.8, 4) is 0 Å². The molecule has 3 aliphatic rings. The van der Waals surface area contributed by atoms with Crippen LogP contribution < -0.4 is 0 Å². The van der Waals surface area contributed by atoms with E-state index >= 15 is 0 Å². The Hall–Kier alpha value is -1.14. The van der Waals surface area contributed by atoms with E-state index in [1.165, 1.54) is 0 Å². The van der Waals surface area contributed by atoms with Gasteiger partial charge in [0.1, 0.15) is 12.2 Å². The Morgan fingerprint density at radius 3 is 2.50 bits per heavy atom. The lowest BCUT2D eigenvalue weighted by Crippen LogP contribution is -2.45. The highest BCUT2D eigenvalue weighted by Crippen LogP contribution is 2.44. The van der Waals surface area contributed by atoms with Crippen molar-refractivity contribution in [2.75, 3.05) is 26.8 Å². The molecule has 0 N–H and O–H groups in total. The van der Waals surface area contributed by atoms with E-state index in [1.807, 2.05) is 12.1 Å². The van der Waals surface area contributed by atoms with E-state index in [0.29, 0.717) is 24.2 Å². The van der Waals surface area contributed by atoms with Crippen molar-refractivity contribution in [1.82, 2.24) is 10.0 Å². The van der Waals surface area contributed by atoms with Crippen LogP contribution in [0, 0.1) is 16.0 Å². The smallest absolute Gasteiger partial charge is 0.282 e. The summed E-state index contributed by atoms with van der Waals surface area (Å²) in [6.45, 7) is 1.97. The number of allylic oxidation sites excluding steroid dienone is 1. The van der Waals surface area contributed by atoms with Crippen LogP contribution in [-0.4, -0.2) is 47.8 Å². The van der Waals surface area contributed by atoms with Gasteiger partial charge in [0.05, 0.1) is 11.0 Å². The highest BCUT2D eigenvalue weighted by atomic mass is 16.6. The minimum atomic E-state index is -0.191. The van der Waals surface area contributed by atoms with Crippen molar-refractivity contribution in [1.29, 1.82) is 0 Å². The number of ether oxygens (including phenoxy) is 1. The number of nitro groups is 1. The van der Waals surface area contributed by atoms with E-state index in [2.05, 4.69) is 5.01 Å². The predicted octanol–water partition coefficient (Wildman–Crippen LogP) is 1.23. The molecule has 6 heteroatoms. The standard InChI is InChI=1S/C12H19N3O3/c1-13-8-11(15(16)17)12(9-2-3-9)14(13)10-4-6-18-7-5-10/h9-10H,2-8H2,1H3. The van der Waals surface area contributed by atoms with Gasteiger partial charge in [-0.25, -0.2) is 5.01 Å². The quantitative estimate of drug-likeness (QED) is 0.559. The minimum Gasteiger partial charge on any atom is -0.381 e. The van der Waals surface area contributed by atoms with Crippen molar-refractivity contribution in [2.24, 2.45) is 5.92 Å². The van der Waals surface area contributed by atoms with Crippen molar-refractivity contribution >= 4 is 0 Å². The predicted molar refractivity (Wildman–Crippen MR) is 65.1 cm³/mol. The summed E-state index contributed by atoms with van der Waals surface area (Å²) in [7, 11) is 1.95. The van der Waals surface area contributed by atoms with Gasteiger partial charge in [-0.05, 0) is 25.7 Å². The largest absolute Gasteiger partial charge is 0.381 e.